The Hall–Kier alpha value is -3.74. The van der Waals surface area contributed by atoms with E-state index in [1.165, 1.54) is 16.8 Å². The van der Waals surface area contributed by atoms with Crippen molar-refractivity contribution in [3.8, 4) is 0 Å². The van der Waals surface area contributed by atoms with Gasteiger partial charge in [-0.3, -0.25) is 9.59 Å². The van der Waals surface area contributed by atoms with Crippen LogP contribution in [0.2, 0.25) is 0 Å². The second-order valence-corrected chi connectivity index (χ2v) is 8.04. The van der Waals surface area contributed by atoms with E-state index in [1.54, 1.807) is 0 Å². The number of carbonyl (C=O) groups excluding carboxylic acids is 2. The number of carbonyl (C=O) groups is 2. The molecule has 170 valence electrons. The van der Waals surface area contributed by atoms with E-state index in [-0.39, 0.29) is 5.69 Å². The number of aryl methyl sites for hydroxylation is 1. The van der Waals surface area contributed by atoms with Crippen molar-refractivity contribution >= 4 is 23.2 Å². The minimum absolute atomic E-state index is 0.294. The van der Waals surface area contributed by atoms with Gasteiger partial charge < -0.3 is 15.5 Å². The quantitative estimate of drug-likeness (QED) is 0.438. The summed E-state index contributed by atoms with van der Waals surface area (Å²) in [7, 11) is 0. The second kappa shape index (κ2) is 10.3. The molecular weight excluding hydrogens is 424 g/mol. The summed E-state index contributed by atoms with van der Waals surface area (Å²) in [5.74, 6) is -3.44. The third-order valence-electron chi connectivity index (χ3n) is 5.74. The van der Waals surface area contributed by atoms with Gasteiger partial charge in [0.1, 0.15) is 11.6 Å². The van der Waals surface area contributed by atoms with E-state index < -0.39 is 23.4 Å². The van der Waals surface area contributed by atoms with Gasteiger partial charge in [-0.1, -0.05) is 36.4 Å². The summed E-state index contributed by atoms with van der Waals surface area (Å²) in [6.07, 6.45) is 2.42. The first-order chi connectivity index (χ1) is 16.0. The molecule has 0 atom stereocenters. The maximum Gasteiger partial charge on any atom is 0.313 e. The van der Waals surface area contributed by atoms with Crippen molar-refractivity contribution in [2.24, 2.45) is 0 Å². The Morgan fingerprint density at radius 2 is 1.67 bits per heavy atom. The lowest BCUT2D eigenvalue weighted by atomic mass is 9.99. The summed E-state index contributed by atoms with van der Waals surface area (Å²) in [4.78, 5) is 26.2. The van der Waals surface area contributed by atoms with E-state index in [2.05, 4.69) is 64.1 Å². The van der Waals surface area contributed by atoms with Crippen molar-refractivity contribution < 1.29 is 18.4 Å². The summed E-state index contributed by atoms with van der Waals surface area (Å²) in [6.45, 7) is 2.19. The summed E-state index contributed by atoms with van der Waals surface area (Å²) in [6, 6.07) is 19.6. The molecule has 0 aliphatic carbocycles. The number of amides is 2. The average Bonchev–Trinajstić information content (AvgIpc) is 2.84. The lowest BCUT2D eigenvalue weighted by Gasteiger charge is -2.30. The Balaban J connectivity index is 1.21. The number of hydrogen-bond acceptors (Lipinski definition) is 3. The van der Waals surface area contributed by atoms with E-state index in [0.717, 1.165) is 49.7 Å². The Morgan fingerprint density at radius 1 is 0.909 bits per heavy atom. The smallest absolute Gasteiger partial charge is 0.313 e. The van der Waals surface area contributed by atoms with E-state index in [4.69, 9.17) is 0 Å². The van der Waals surface area contributed by atoms with Crippen molar-refractivity contribution in [1.82, 2.24) is 5.32 Å². The van der Waals surface area contributed by atoms with Gasteiger partial charge in [0.2, 0.25) is 0 Å². The van der Waals surface area contributed by atoms with Gasteiger partial charge in [-0.25, -0.2) is 8.78 Å². The van der Waals surface area contributed by atoms with Gasteiger partial charge in [-0.2, -0.15) is 0 Å². The minimum Gasteiger partial charge on any atom is -0.367 e. The maximum absolute atomic E-state index is 13.6. The van der Waals surface area contributed by atoms with Crippen molar-refractivity contribution in [3.05, 3.63) is 95.1 Å². The van der Waals surface area contributed by atoms with E-state index in [1.807, 2.05) is 0 Å². The molecule has 0 fully saturated rings. The normalized spacial score (nSPS) is 12.7. The van der Waals surface area contributed by atoms with Crippen LogP contribution >= 0.6 is 0 Å². The van der Waals surface area contributed by atoms with E-state index in [0.29, 0.717) is 13.0 Å². The highest BCUT2D eigenvalue weighted by molar-refractivity contribution is 6.39. The first kappa shape index (κ1) is 22.5. The van der Waals surface area contributed by atoms with Crippen LogP contribution in [0.1, 0.15) is 23.1 Å². The molecule has 4 rings (SSSR count). The predicted molar refractivity (Wildman–Crippen MR) is 124 cm³/mol. The fourth-order valence-electron chi connectivity index (χ4n) is 3.94. The first-order valence-corrected chi connectivity index (χ1v) is 10.9. The van der Waals surface area contributed by atoms with Crippen LogP contribution < -0.4 is 15.5 Å². The van der Waals surface area contributed by atoms with Gasteiger partial charge in [0.15, 0.2) is 0 Å². The topological polar surface area (TPSA) is 61.4 Å². The molecule has 2 N–H and O–H groups in total. The molecule has 1 heterocycles. The molecule has 0 aromatic heterocycles. The second-order valence-electron chi connectivity index (χ2n) is 8.04. The Morgan fingerprint density at radius 3 is 2.45 bits per heavy atom. The number of benzene rings is 3. The zero-order chi connectivity index (χ0) is 23.2. The molecule has 2 amide bonds. The fraction of sp³-hybridized carbons (Fsp3) is 0.231. The Kier molecular flexibility index (Phi) is 6.98. The fourth-order valence-corrected chi connectivity index (χ4v) is 3.94. The summed E-state index contributed by atoms with van der Waals surface area (Å²) in [5, 5.41) is 4.59. The molecule has 0 unspecified atom stereocenters. The zero-order valence-electron chi connectivity index (χ0n) is 18.1. The van der Waals surface area contributed by atoms with Crippen LogP contribution in [-0.2, 0) is 29.0 Å². The van der Waals surface area contributed by atoms with Gasteiger partial charge >= 0.3 is 11.8 Å². The molecule has 0 radical (unpaired) electrons. The molecule has 7 heteroatoms. The van der Waals surface area contributed by atoms with Gasteiger partial charge in [-0.05, 0) is 60.2 Å². The van der Waals surface area contributed by atoms with Gasteiger partial charge in [0.05, 0.1) is 5.69 Å². The summed E-state index contributed by atoms with van der Waals surface area (Å²) >= 11 is 0. The van der Waals surface area contributed by atoms with Gasteiger partial charge in [-0.15, -0.1) is 0 Å². The third-order valence-corrected chi connectivity index (χ3v) is 5.74. The molecule has 3 aromatic rings. The van der Waals surface area contributed by atoms with Crippen molar-refractivity contribution in [2.45, 2.75) is 25.8 Å². The number of halogens is 2. The molecule has 0 spiro atoms. The summed E-state index contributed by atoms with van der Waals surface area (Å²) < 4.78 is 26.8. The Bertz CT molecular complexity index is 1150. The highest BCUT2D eigenvalue weighted by Crippen LogP contribution is 2.24. The van der Waals surface area contributed by atoms with Crippen LogP contribution in [0, 0.1) is 11.6 Å². The van der Waals surface area contributed by atoms with E-state index >= 15 is 0 Å². The zero-order valence-corrected chi connectivity index (χ0v) is 18.1. The molecule has 0 saturated heterocycles. The molecule has 5 nitrogen and oxygen atoms in total. The standard InChI is InChI=1S/C26H25F2N3O2/c27-21-9-12-23(28)24(16-21)30-26(33)25(32)29-14-3-4-18-7-10-22(11-8-18)31-15-13-19-5-1-2-6-20(19)17-31/h1-2,5-12,16H,3-4,13-15,17H2,(H,29,32)(H,30,33). The van der Waals surface area contributed by atoms with Crippen LogP contribution in [0.25, 0.3) is 0 Å². The summed E-state index contributed by atoms with van der Waals surface area (Å²) in [5.41, 5.74) is 4.74. The monoisotopic (exact) mass is 449 g/mol. The van der Waals surface area contributed by atoms with Gasteiger partial charge in [0.25, 0.3) is 0 Å². The van der Waals surface area contributed by atoms with Crippen molar-refractivity contribution in [1.29, 1.82) is 0 Å². The van der Waals surface area contributed by atoms with Crippen molar-refractivity contribution in [3.63, 3.8) is 0 Å². The van der Waals surface area contributed by atoms with Crippen LogP contribution in [0.3, 0.4) is 0 Å². The number of anilines is 2. The molecule has 1 aliphatic heterocycles. The van der Waals surface area contributed by atoms with Crippen molar-refractivity contribution in [2.75, 3.05) is 23.3 Å². The van der Waals surface area contributed by atoms with Gasteiger partial charge in [0, 0.05) is 31.4 Å². The molecule has 0 bridgehead atoms. The number of rotatable bonds is 6. The SMILES string of the molecule is O=C(NCCCc1ccc(N2CCc3ccccc3C2)cc1)C(=O)Nc1cc(F)ccc1F. The highest BCUT2D eigenvalue weighted by Gasteiger charge is 2.17. The number of nitrogens with one attached hydrogen (secondary N) is 2. The largest absolute Gasteiger partial charge is 0.367 e. The third kappa shape index (κ3) is 5.74. The molecule has 33 heavy (non-hydrogen) atoms. The molecule has 0 saturated carbocycles. The number of nitrogens with zero attached hydrogens (tertiary/aromatic N) is 1. The van der Waals surface area contributed by atoms with Crippen LogP contribution in [0.15, 0.2) is 66.7 Å². The number of fused-ring (bicyclic) bond motifs is 1. The van der Waals surface area contributed by atoms with E-state index in [9.17, 15) is 18.4 Å². The molecule has 3 aromatic carbocycles. The molecular formula is C26H25F2N3O2. The Labute approximate surface area is 191 Å². The van der Waals surface area contributed by atoms with Crippen LogP contribution in [0.5, 0.6) is 0 Å². The average molecular weight is 450 g/mol. The van der Waals surface area contributed by atoms with Crippen LogP contribution in [0.4, 0.5) is 20.2 Å². The maximum atomic E-state index is 13.6. The predicted octanol–water partition coefficient (Wildman–Crippen LogP) is 4.22. The first-order valence-electron chi connectivity index (χ1n) is 10.9. The molecule has 1 aliphatic rings. The lowest BCUT2D eigenvalue weighted by Crippen LogP contribution is -2.36. The highest BCUT2D eigenvalue weighted by atomic mass is 19.1. The number of hydrogen-bond donors (Lipinski definition) is 2. The lowest BCUT2D eigenvalue weighted by molar-refractivity contribution is -0.136. The van der Waals surface area contributed by atoms with Crippen LogP contribution in [-0.4, -0.2) is 24.9 Å². The minimum atomic E-state index is -1.04.